The zero-order valence-corrected chi connectivity index (χ0v) is 10.9. The molecule has 1 heterocycles. The van der Waals surface area contributed by atoms with Crippen molar-refractivity contribution in [1.29, 1.82) is 0 Å². The van der Waals surface area contributed by atoms with Crippen LogP contribution in [0.2, 0.25) is 0 Å². The molecule has 1 saturated heterocycles. The Morgan fingerprint density at radius 1 is 1.29 bits per heavy atom. The maximum atomic E-state index is 12.5. The van der Waals surface area contributed by atoms with Crippen LogP contribution in [-0.4, -0.2) is 28.6 Å². The molecule has 3 aliphatic rings. The molecule has 0 radical (unpaired) electrons. The number of rotatable bonds is 3. The number of nitrogens with one attached hydrogen (secondary N) is 1. The van der Waals surface area contributed by atoms with Gasteiger partial charge >= 0.3 is 0 Å². The van der Waals surface area contributed by atoms with Gasteiger partial charge in [0.25, 0.3) is 0 Å². The van der Waals surface area contributed by atoms with Gasteiger partial charge in [0.05, 0.1) is 11.7 Å². The second-order valence-electron chi connectivity index (χ2n) is 6.04. The van der Waals surface area contributed by atoms with Gasteiger partial charge in [-0.3, -0.25) is 10.1 Å². The molecule has 1 spiro atoms. The first-order chi connectivity index (χ1) is 8.27. The van der Waals surface area contributed by atoms with Crippen LogP contribution in [0.25, 0.3) is 0 Å². The van der Waals surface area contributed by atoms with Gasteiger partial charge in [0, 0.05) is 6.04 Å². The van der Waals surface area contributed by atoms with Gasteiger partial charge in [0.15, 0.2) is 0 Å². The van der Waals surface area contributed by atoms with Crippen molar-refractivity contribution in [3.05, 3.63) is 0 Å². The lowest BCUT2D eigenvalue weighted by Gasteiger charge is -2.35. The summed E-state index contributed by atoms with van der Waals surface area (Å²) in [5, 5.41) is 3.62. The molecule has 1 unspecified atom stereocenters. The first-order valence-electron chi connectivity index (χ1n) is 7.37. The highest BCUT2D eigenvalue weighted by Crippen LogP contribution is 2.44. The van der Waals surface area contributed by atoms with E-state index in [1.165, 1.54) is 32.1 Å². The van der Waals surface area contributed by atoms with Crippen LogP contribution in [0.1, 0.15) is 64.7 Å². The molecule has 3 heteroatoms. The lowest BCUT2D eigenvalue weighted by atomic mass is 9.93. The van der Waals surface area contributed by atoms with E-state index in [1.54, 1.807) is 0 Å². The molecule has 3 fully saturated rings. The van der Waals surface area contributed by atoms with Crippen LogP contribution in [0.4, 0.5) is 0 Å². The fourth-order valence-electron chi connectivity index (χ4n) is 3.59. The Kier molecular flexibility index (Phi) is 2.89. The number of nitrogens with zero attached hydrogens (tertiary/aromatic N) is 1. The predicted molar refractivity (Wildman–Crippen MR) is 67.5 cm³/mol. The van der Waals surface area contributed by atoms with E-state index >= 15 is 0 Å². The van der Waals surface area contributed by atoms with Gasteiger partial charge in [-0.05, 0) is 32.1 Å². The smallest absolute Gasteiger partial charge is 0.244 e. The third kappa shape index (κ3) is 1.88. The van der Waals surface area contributed by atoms with Gasteiger partial charge in [-0.2, -0.15) is 0 Å². The molecule has 0 bridgehead atoms. The van der Waals surface area contributed by atoms with Crippen LogP contribution in [0, 0.1) is 0 Å². The Bertz CT molecular complexity index is 305. The van der Waals surface area contributed by atoms with E-state index in [4.69, 9.17) is 0 Å². The van der Waals surface area contributed by atoms with Crippen molar-refractivity contribution >= 4 is 5.91 Å². The molecule has 2 saturated carbocycles. The lowest BCUT2D eigenvalue weighted by molar-refractivity contribution is -0.133. The molecular formula is C14H24N2O. The number of carbonyl (C=O) groups is 1. The van der Waals surface area contributed by atoms with Crippen LogP contribution in [0.15, 0.2) is 0 Å². The summed E-state index contributed by atoms with van der Waals surface area (Å²) in [4.78, 5) is 14.8. The van der Waals surface area contributed by atoms with E-state index in [1.807, 2.05) is 0 Å². The summed E-state index contributed by atoms with van der Waals surface area (Å²) in [6, 6.07) is 0.528. The van der Waals surface area contributed by atoms with Gasteiger partial charge in [0.2, 0.25) is 5.91 Å². The van der Waals surface area contributed by atoms with Crippen LogP contribution in [0.5, 0.6) is 0 Å². The SMILES string of the molecule is CCCC1NC2(CC2)C(=O)N1C1CCCCC1. The van der Waals surface area contributed by atoms with E-state index in [9.17, 15) is 4.79 Å². The molecule has 3 nitrogen and oxygen atoms in total. The normalized spacial score (nSPS) is 32.4. The second-order valence-corrected chi connectivity index (χ2v) is 6.04. The quantitative estimate of drug-likeness (QED) is 0.816. The fraction of sp³-hybridized carbons (Fsp3) is 0.929. The molecule has 17 heavy (non-hydrogen) atoms. The Labute approximate surface area is 104 Å². The van der Waals surface area contributed by atoms with Crippen LogP contribution in [-0.2, 0) is 4.79 Å². The third-order valence-electron chi connectivity index (χ3n) is 4.70. The van der Waals surface area contributed by atoms with Crippen molar-refractivity contribution in [3.63, 3.8) is 0 Å². The van der Waals surface area contributed by atoms with E-state index in [0.717, 1.165) is 25.7 Å². The van der Waals surface area contributed by atoms with Crippen molar-refractivity contribution in [3.8, 4) is 0 Å². The first kappa shape index (κ1) is 11.5. The molecule has 3 rings (SSSR count). The third-order valence-corrected chi connectivity index (χ3v) is 4.70. The van der Waals surface area contributed by atoms with Gasteiger partial charge in [-0.1, -0.05) is 32.6 Å². The summed E-state index contributed by atoms with van der Waals surface area (Å²) in [6.45, 7) is 2.21. The van der Waals surface area contributed by atoms with Gasteiger partial charge in [-0.25, -0.2) is 0 Å². The van der Waals surface area contributed by atoms with Gasteiger partial charge in [-0.15, -0.1) is 0 Å². The Morgan fingerprint density at radius 2 is 2.00 bits per heavy atom. The van der Waals surface area contributed by atoms with Gasteiger partial charge in [0.1, 0.15) is 0 Å². The zero-order valence-electron chi connectivity index (χ0n) is 10.9. The number of amides is 1. The molecule has 2 aliphatic carbocycles. The Morgan fingerprint density at radius 3 is 2.59 bits per heavy atom. The van der Waals surface area contributed by atoms with Crippen LogP contribution >= 0.6 is 0 Å². The van der Waals surface area contributed by atoms with E-state index in [2.05, 4.69) is 17.1 Å². The molecular weight excluding hydrogens is 212 g/mol. The molecule has 1 amide bonds. The maximum Gasteiger partial charge on any atom is 0.244 e. The first-order valence-corrected chi connectivity index (χ1v) is 7.37. The van der Waals surface area contributed by atoms with Crippen molar-refractivity contribution in [2.75, 3.05) is 0 Å². The van der Waals surface area contributed by atoms with Crippen LogP contribution < -0.4 is 5.32 Å². The molecule has 0 aromatic rings. The summed E-state index contributed by atoms with van der Waals surface area (Å²) in [5.74, 6) is 0.419. The topological polar surface area (TPSA) is 32.3 Å². The minimum Gasteiger partial charge on any atom is -0.323 e. The molecule has 1 atom stereocenters. The maximum absolute atomic E-state index is 12.5. The Hall–Kier alpha value is -0.570. The Balaban J connectivity index is 1.76. The van der Waals surface area contributed by atoms with E-state index in [0.29, 0.717) is 18.1 Å². The number of hydrogen-bond donors (Lipinski definition) is 1. The van der Waals surface area contributed by atoms with Crippen molar-refractivity contribution in [2.24, 2.45) is 0 Å². The molecule has 0 aromatic heterocycles. The van der Waals surface area contributed by atoms with Crippen molar-refractivity contribution in [1.82, 2.24) is 10.2 Å². The minimum absolute atomic E-state index is 0.114. The monoisotopic (exact) mass is 236 g/mol. The summed E-state index contributed by atoms with van der Waals surface area (Å²) < 4.78 is 0. The standard InChI is InChI=1S/C14H24N2O/c1-2-6-12-15-14(9-10-14)13(17)16(12)11-7-4-3-5-8-11/h11-12,15H,2-10H2,1H3. The molecule has 96 valence electrons. The number of carbonyl (C=O) groups excluding carboxylic acids is 1. The fourth-order valence-corrected chi connectivity index (χ4v) is 3.59. The average Bonchev–Trinajstić information content (AvgIpc) is 3.06. The largest absolute Gasteiger partial charge is 0.323 e. The highest BCUT2D eigenvalue weighted by atomic mass is 16.2. The van der Waals surface area contributed by atoms with Crippen molar-refractivity contribution < 1.29 is 4.79 Å². The molecule has 1 N–H and O–H groups in total. The second kappa shape index (κ2) is 4.27. The summed E-state index contributed by atoms with van der Waals surface area (Å²) in [5.41, 5.74) is -0.114. The van der Waals surface area contributed by atoms with Crippen LogP contribution in [0.3, 0.4) is 0 Å². The highest BCUT2D eigenvalue weighted by molar-refractivity contribution is 5.92. The lowest BCUT2D eigenvalue weighted by Crippen LogP contribution is -2.45. The molecule has 1 aliphatic heterocycles. The van der Waals surface area contributed by atoms with E-state index < -0.39 is 0 Å². The van der Waals surface area contributed by atoms with Gasteiger partial charge < -0.3 is 4.90 Å². The number of hydrogen-bond acceptors (Lipinski definition) is 2. The zero-order chi connectivity index (χ0) is 11.9. The highest BCUT2D eigenvalue weighted by Gasteiger charge is 2.59. The average molecular weight is 236 g/mol. The van der Waals surface area contributed by atoms with Crippen molar-refractivity contribution in [2.45, 2.75) is 82.5 Å². The predicted octanol–water partition coefficient (Wildman–Crippen LogP) is 2.41. The summed E-state index contributed by atoms with van der Waals surface area (Å²) in [7, 11) is 0. The van der Waals surface area contributed by atoms with E-state index in [-0.39, 0.29) is 5.54 Å². The summed E-state index contributed by atoms with van der Waals surface area (Å²) in [6.07, 6.45) is 11.2. The summed E-state index contributed by atoms with van der Waals surface area (Å²) >= 11 is 0. The molecule has 0 aromatic carbocycles. The minimum atomic E-state index is -0.114.